The van der Waals surface area contributed by atoms with Crippen molar-refractivity contribution < 1.29 is 9.59 Å². The van der Waals surface area contributed by atoms with Gasteiger partial charge in [0.2, 0.25) is 5.91 Å². The quantitative estimate of drug-likeness (QED) is 0.396. The lowest BCUT2D eigenvalue weighted by atomic mass is 9.90. The Hall–Kier alpha value is -3.35. The van der Waals surface area contributed by atoms with Gasteiger partial charge in [0.05, 0.1) is 12.1 Å². The summed E-state index contributed by atoms with van der Waals surface area (Å²) in [6.07, 6.45) is 2.12. The summed E-state index contributed by atoms with van der Waals surface area (Å²) in [4.78, 5) is 31.2. The van der Waals surface area contributed by atoms with Gasteiger partial charge >= 0.3 is 6.03 Å². The molecule has 2 saturated heterocycles. The number of piperidine rings is 1. The van der Waals surface area contributed by atoms with E-state index in [1.165, 1.54) is 21.9 Å². The molecule has 0 bridgehead atoms. The number of primary amides is 1. The van der Waals surface area contributed by atoms with E-state index < -0.39 is 0 Å². The molecule has 5 rings (SSSR count). The smallest absolute Gasteiger partial charge is 0.314 e. The zero-order chi connectivity index (χ0) is 27.5. The molecule has 3 aromatic rings. The highest BCUT2D eigenvalue weighted by molar-refractivity contribution is 6.30. The highest BCUT2D eigenvalue weighted by Crippen LogP contribution is 2.36. The number of hydrogen-bond donors (Lipinski definition) is 1. The first-order valence-electron chi connectivity index (χ1n) is 13.8. The predicted octanol–water partition coefficient (Wildman–Crippen LogP) is 5.85. The third kappa shape index (κ3) is 5.97. The zero-order valence-corrected chi connectivity index (χ0v) is 23.3. The molecule has 3 aromatic carbocycles. The van der Waals surface area contributed by atoms with Gasteiger partial charge in [-0.15, -0.1) is 0 Å². The van der Waals surface area contributed by atoms with Crippen molar-refractivity contribution in [3.05, 3.63) is 95.0 Å². The van der Waals surface area contributed by atoms with E-state index in [4.69, 9.17) is 17.3 Å². The van der Waals surface area contributed by atoms with Crippen LogP contribution in [0.3, 0.4) is 0 Å². The van der Waals surface area contributed by atoms with Crippen LogP contribution in [0.4, 0.5) is 4.79 Å². The first kappa shape index (κ1) is 27.2. The third-order valence-corrected chi connectivity index (χ3v) is 8.61. The fraction of sp³-hybridized carbons (Fsp3) is 0.375. The summed E-state index contributed by atoms with van der Waals surface area (Å²) in [7, 11) is 0. The summed E-state index contributed by atoms with van der Waals surface area (Å²) in [5.74, 6) is 0.447. The molecule has 2 N–H and O–H groups in total. The van der Waals surface area contributed by atoms with Crippen LogP contribution in [0.5, 0.6) is 0 Å². The number of likely N-dealkylation sites (tertiary alicyclic amines) is 1. The normalized spacial score (nSPS) is 19.7. The lowest BCUT2D eigenvalue weighted by molar-refractivity contribution is -0.136. The van der Waals surface area contributed by atoms with Gasteiger partial charge in [-0.2, -0.15) is 0 Å². The number of halogens is 1. The lowest BCUT2D eigenvalue weighted by Gasteiger charge is -2.46. The van der Waals surface area contributed by atoms with Crippen molar-refractivity contribution in [3.63, 3.8) is 0 Å². The number of urea groups is 1. The summed E-state index contributed by atoms with van der Waals surface area (Å²) in [5, 5.41) is 3.15. The molecule has 2 fully saturated rings. The molecular weight excluding hydrogens is 508 g/mol. The van der Waals surface area contributed by atoms with E-state index >= 15 is 0 Å². The molecule has 0 aromatic heterocycles. The van der Waals surface area contributed by atoms with E-state index in [-0.39, 0.29) is 29.9 Å². The van der Waals surface area contributed by atoms with Crippen molar-refractivity contribution in [3.8, 4) is 0 Å². The summed E-state index contributed by atoms with van der Waals surface area (Å²) >= 11 is 6.27. The molecule has 2 atom stereocenters. The van der Waals surface area contributed by atoms with Crippen LogP contribution >= 0.6 is 11.6 Å². The summed E-state index contributed by atoms with van der Waals surface area (Å²) in [5.41, 5.74) is 8.85. The van der Waals surface area contributed by atoms with E-state index in [0.717, 1.165) is 25.0 Å². The second-order valence-electron chi connectivity index (χ2n) is 10.9. The van der Waals surface area contributed by atoms with Crippen LogP contribution in [-0.2, 0) is 4.79 Å². The van der Waals surface area contributed by atoms with Gasteiger partial charge in [-0.25, -0.2) is 4.79 Å². The number of fused-ring (bicyclic) bond motifs is 1. The number of carbonyl (C=O) groups excluding carboxylic acids is 2. The average Bonchev–Trinajstić information content (AvgIpc) is 2.94. The first-order chi connectivity index (χ1) is 18.8. The van der Waals surface area contributed by atoms with E-state index in [1.54, 1.807) is 4.90 Å². The molecule has 0 saturated carbocycles. The molecule has 0 radical (unpaired) electrons. The highest BCUT2D eigenvalue weighted by atomic mass is 35.5. The van der Waals surface area contributed by atoms with Gasteiger partial charge in [0.25, 0.3) is 0 Å². The number of rotatable bonds is 6. The van der Waals surface area contributed by atoms with Crippen LogP contribution < -0.4 is 5.73 Å². The van der Waals surface area contributed by atoms with E-state index in [1.807, 2.05) is 24.0 Å². The largest absolute Gasteiger partial charge is 0.351 e. The molecule has 0 spiro atoms. The van der Waals surface area contributed by atoms with Gasteiger partial charge in [-0.3, -0.25) is 9.69 Å². The Balaban J connectivity index is 1.39. The van der Waals surface area contributed by atoms with Gasteiger partial charge in [0.1, 0.15) is 0 Å². The maximum absolute atomic E-state index is 13.6. The molecule has 0 aliphatic carbocycles. The molecule has 6 nitrogen and oxygen atoms in total. The summed E-state index contributed by atoms with van der Waals surface area (Å²) in [6.45, 7) is 9.67. The number of amides is 3. The average molecular weight is 545 g/mol. The molecule has 204 valence electrons. The van der Waals surface area contributed by atoms with Crippen molar-refractivity contribution in [2.45, 2.75) is 38.3 Å². The van der Waals surface area contributed by atoms with Crippen LogP contribution in [0, 0.1) is 5.92 Å². The Morgan fingerprint density at radius 2 is 1.67 bits per heavy atom. The van der Waals surface area contributed by atoms with Gasteiger partial charge in [0, 0.05) is 44.2 Å². The van der Waals surface area contributed by atoms with Crippen molar-refractivity contribution >= 4 is 34.3 Å². The van der Waals surface area contributed by atoms with Crippen LogP contribution in [-0.4, -0.2) is 65.4 Å². The molecule has 39 heavy (non-hydrogen) atoms. The van der Waals surface area contributed by atoms with Crippen molar-refractivity contribution in [1.82, 2.24) is 14.7 Å². The van der Waals surface area contributed by atoms with Crippen molar-refractivity contribution in [1.29, 1.82) is 0 Å². The standard InChI is InChI=1S/C32H37ClN4O2/c1-22(2)29-21-36(18-19-37(29)30(38)20-23-14-16-35(17-15-23)32(34)39)31(25-10-12-26(33)13-11-25)28-9-5-7-24-6-3-4-8-27(24)28/h3-13,23,29,31H,1,14-21H2,2H3,(H2,34,39)/t29-,31?/m1/s1. The Morgan fingerprint density at radius 3 is 2.36 bits per heavy atom. The third-order valence-electron chi connectivity index (χ3n) is 8.36. The van der Waals surface area contributed by atoms with Crippen molar-refractivity contribution in [2.75, 3.05) is 32.7 Å². The second kappa shape index (κ2) is 11.8. The van der Waals surface area contributed by atoms with Crippen LogP contribution in [0.15, 0.2) is 78.9 Å². The van der Waals surface area contributed by atoms with Crippen molar-refractivity contribution in [2.24, 2.45) is 11.7 Å². The van der Waals surface area contributed by atoms with E-state index in [2.05, 4.69) is 66.1 Å². The number of nitrogens with two attached hydrogens (primary N) is 1. The molecule has 1 unspecified atom stereocenters. The van der Waals surface area contributed by atoms with Crippen LogP contribution in [0.2, 0.25) is 5.02 Å². The van der Waals surface area contributed by atoms with Gasteiger partial charge in [-0.1, -0.05) is 78.4 Å². The number of nitrogens with zero attached hydrogens (tertiary/aromatic N) is 3. The Kier molecular flexibility index (Phi) is 8.24. The first-order valence-corrected chi connectivity index (χ1v) is 14.2. The Bertz CT molecular complexity index is 1340. The van der Waals surface area contributed by atoms with Gasteiger partial charge < -0.3 is 15.5 Å². The minimum atomic E-state index is -0.375. The molecule has 3 amide bonds. The zero-order valence-electron chi connectivity index (χ0n) is 22.6. The lowest BCUT2D eigenvalue weighted by Crippen LogP contribution is -2.56. The number of benzene rings is 3. The van der Waals surface area contributed by atoms with E-state index in [9.17, 15) is 9.59 Å². The molecule has 2 aliphatic rings. The minimum absolute atomic E-state index is 0.0191. The van der Waals surface area contributed by atoms with Crippen LogP contribution in [0.1, 0.15) is 43.4 Å². The Labute approximate surface area is 236 Å². The number of hydrogen-bond acceptors (Lipinski definition) is 3. The topological polar surface area (TPSA) is 69.9 Å². The molecule has 7 heteroatoms. The fourth-order valence-corrected chi connectivity index (χ4v) is 6.33. The second-order valence-corrected chi connectivity index (χ2v) is 11.4. The number of piperazine rings is 1. The van der Waals surface area contributed by atoms with Crippen LogP contribution in [0.25, 0.3) is 10.8 Å². The SMILES string of the molecule is C=C(C)[C@H]1CN(C(c2ccc(Cl)cc2)c2cccc3ccccc23)CCN1C(=O)CC1CCN(C(N)=O)CC1. The molecular formula is C32H37ClN4O2. The molecule has 2 heterocycles. The van der Waals surface area contributed by atoms with E-state index in [0.29, 0.717) is 37.6 Å². The van der Waals surface area contributed by atoms with Gasteiger partial charge in [-0.05, 0) is 59.7 Å². The highest BCUT2D eigenvalue weighted by Gasteiger charge is 2.36. The predicted molar refractivity (Wildman–Crippen MR) is 158 cm³/mol. The van der Waals surface area contributed by atoms with Gasteiger partial charge in [0.15, 0.2) is 0 Å². The summed E-state index contributed by atoms with van der Waals surface area (Å²) < 4.78 is 0. The maximum atomic E-state index is 13.6. The monoisotopic (exact) mass is 544 g/mol. The maximum Gasteiger partial charge on any atom is 0.314 e. The molecule has 2 aliphatic heterocycles. The minimum Gasteiger partial charge on any atom is -0.351 e. The fourth-order valence-electron chi connectivity index (χ4n) is 6.20. The Morgan fingerprint density at radius 1 is 0.974 bits per heavy atom. The summed E-state index contributed by atoms with van der Waals surface area (Å²) in [6, 6.07) is 22.7. The number of carbonyl (C=O) groups is 2.